The van der Waals surface area contributed by atoms with Crippen molar-refractivity contribution in [3.63, 3.8) is 0 Å². The first-order chi connectivity index (χ1) is 1.41. The van der Waals surface area contributed by atoms with Crippen LogP contribution in [-0.4, -0.2) is 0 Å². The number of rotatable bonds is 0. The van der Waals surface area contributed by atoms with Crippen LogP contribution in [0.3, 0.4) is 0 Å². The minimum Gasteiger partial charge on any atom is -0.358 e. The van der Waals surface area contributed by atoms with E-state index in [-0.39, 0.29) is 342 Å². The van der Waals surface area contributed by atoms with E-state index >= 15 is 0 Å². The second-order valence-electron chi connectivity index (χ2n) is 0.577. The van der Waals surface area contributed by atoms with Crippen LogP contribution in [0.4, 0.5) is 0 Å². The average Bonchev–Trinajstić information content (AvgIpc) is 0.918. The molecule has 0 heterocycles. The smallest absolute Gasteiger partial charge is 0 e. The molecule has 0 aromatic heterocycles. The van der Waals surface area contributed by atoms with E-state index in [1.54, 1.807) is 0 Å². The maximum absolute atomic E-state index is 2.00. The molecule has 66 valence electrons. The third-order valence-electron chi connectivity index (χ3n) is 0. The van der Waals surface area contributed by atoms with E-state index in [1.165, 1.54) is 0 Å². The maximum atomic E-state index is 2.00. The molecule has 0 saturated carbocycles. The van der Waals surface area contributed by atoms with Gasteiger partial charge in [0.25, 0.3) is 0 Å². The summed E-state index contributed by atoms with van der Waals surface area (Å²) in [5.41, 5.74) is 0. The van der Waals surface area contributed by atoms with Gasteiger partial charge in [-0.1, -0.05) is 0 Å². The van der Waals surface area contributed by atoms with E-state index in [0.717, 1.165) is 0 Å². The second kappa shape index (κ2) is 99.8. The van der Waals surface area contributed by atoms with Crippen molar-refractivity contribution in [3.8, 4) is 0 Å². The Labute approximate surface area is 350 Å². The van der Waals surface area contributed by atoms with Crippen molar-refractivity contribution >= 4 is 0 Å². The summed E-state index contributed by atoms with van der Waals surface area (Å²) in [6.07, 6.45) is 2.00. The Morgan fingerprint density at radius 1 is 0.400 bits per heavy atom. The van der Waals surface area contributed by atoms with Crippen LogP contribution in [0.5, 0.6) is 0 Å². The van der Waals surface area contributed by atoms with Crippen LogP contribution in [0.1, 0.15) is 13.8 Å². The average molecular weight is 962 g/mol. The van der Waals surface area contributed by atoms with E-state index in [2.05, 4.69) is 0 Å². The first-order valence-electron chi connectivity index (χ1n) is 1.15. The molecule has 0 rings (SSSR count). The van der Waals surface area contributed by atoms with Crippen molar-refractivity contribution < 1.29 is 327 Å². The molecule has 0 atom stereocenters. The van der Waals surface area contributed by atoms with Gasteiger partial charge in [0.2, 0.25) is 0 Å². The van der Waals surface area contributed by atoms with Gasteiger partial charge < -0.3 is 21.3 Å². The fourth-order valence-electron chi connectivity index (χ4n) is 0. The van der Waals surface area contributed by atoms with Crippen LogP contribution in [-0.2, 0) is 327 Å². The van der Waals surface area contributed by atoms with Crippen molar-refractivity contribution in [1.29, 1.82) is 0 Å². The summed E-state index contributed by atoms with van der Waals surface area (Å²) in [5, 5.41) is 0. The summed E-state index contributed by atoms with van der Waals surface area (Å²) >= 11 is 0. The summed E-state index contributed by atoms with van der Waals surface area (Å²) < 4.78 is 0. The molecule has 10 radical (unpaired) electrons. The third-order valence-corrected chi connectivity index (χ3v) is 0. The molecule has 0 N–H and O–H groups in total. The van der Waals surface area contributed by atoms with Crippen LogP contribution in [0.25, 0.3) is 0 Å². The number of hydrogen-bond acceptors (Lipinski definition) is 0. The zero-order chi connectivity index (χ0) is 2.71. The van der Waals surface area contributed by atoms with Crippen molar-refractivity contribution in [3.05, 3.63) is 21.3 Å². The monoisotopic (exact) mass is 962 g/mol. The van der Waals surface area contributed by atoms with Gasteiger partial charge in [0.05, 0.1) is 0 Å². The topological polar surface area (TPSA) is 0 Å². The Bertz CT molecular complexity index is 13.8. The van der Waals surface area contributed by atoms with E-state index < -0.39 is 0 Å². The SMILES string of the molecule is C[CH-]C.[CH3-].[CH3-].[Y].[Y].[Y].[Y].[Y].[Y].[Y].[Y].[Y].[Y]. The molecule has 0 amide bonds. The van der Waals surface area contributed by atoms with Gasteiger partial charge in [-0.3, -0.25) is 0 Å². The van der Waals surface area contributed by atoms with Gasteiger partial charge in [-0.15, -0.1) is 0 Å². The molecule has 0 saturated heterocycles. The Morgan fingerprint density at radius 3 is 0.400 bits per heavy atom. The minimum absolute atomic E-state index is 0. The van der Waals surface area contributed by atoms with Crippen LogP contribution in [0, 0.1) is 21.3 Å². The van der Waals surface area contributed by atoms with E-state index in [9.17, 15) is 0 Å². The first-order valence-corrected chi connectivity index (χ1v) is 1.15. The number of hydrogen-bond donors (Lipinski definition) is 0. The standard InChI is InChI=1S/C3H7.2CH3.10Y/c1-3-2;;;;;;;;;;;;/h3H,1-2H3;2*1H3;;;;;;;;;;/q3*-1;;;;;;;;;;. The van der Waals surface area contributed by atoms with Gasteiger partial charge >= 0.3 is 0 Å². The quantitative estimate of drug-likeness (QED) is 0.327. The molecule has 15 heavy (non-hydrogen) atoms. The van der Waals surface area contributed by atoms with Gasteiger partial charge in [0, 0.05) is 327 Å². The van der Waals surface area contributed by atoms with Gasteiger partial charge in [-0.25, -0.2) is 0 Å². The Balaban J connectivity index is -0.000000000303. The summed E-state index contributed by atoms with van der Waals surface area (Å²) in [6, 6.07) is 0. The molecule has 0 nitrogen and oxygen atoms in total. The fraction of sp³-hybridized carbons (Fsp3) is 0.400. The van der Waals surface area contributed by atoms with Crippen molar-refractivity contribution in [2.45, 2.75) is 13.8 Å². The molecule has 0 bridgehead atoms. The largest absolute Gasteiger partial charge is 0.358 e. The normalized spacial score (nSPS) is 1.20. The van der Waals surface area contributed by atoms with Crippen LogP contribution >= 0.6 is 0 Å². The molecule has 0 aliphatic heterocycles. The third kappa shape index (κ3) is 109. The van der Waals surface area contributed by atoms with Gasteiger partial charge in [-0.2, -0.15) is 13.8 Å². The molecular formula is C5H13Y10-3. The fourth-order valence-corrected chi connectivity index (χ4v) is 0. The zero-order valence-corrected chi connectivity index (χ0v) is 38.7. The molecule has 0 unspecified atom stereocenters. The van der Waals surface area contributed by atoms with Gasteiger partial charge in [0.1, 0.15) is 0 Å². The van der Waals surface area contributed by atoms with Gasteiger partial charge in [0.15, 0.2) is 0 Å². The maximum Gasteiger partial charge on any atom is 0 e. The molecule has 0 fully saturated rings. The molecule has 0 aliphatic rings. The van der Waals surface area contributed by atoms with Crippen LogP contribution < -0.4 is 0 Å². The molecule has 0 aliphatic carbocycles. The Kier molecular flexibility index (Phi) is 639. The van der Waals surface area contributed by atoms with Crippen molar-refractivity contribution in [1.82, 2.24) is 0 Å². The van der Waals surface area contributed by atoms with Gasteiger partial charge in [-0.05, 0) is 0 Å². The van der Waals surface area contributed by atoms with E-state index in [0.29, 0.717) is 0 Å². The van der Waals surface area contributed by atoms with Crippen LogP contribution in [0.2, 0.25) is 0 Å². The predicted molar refractivity (Wildman–Crippen MR) is 28.5 cm³/mol. The molecule has 0 spiro atoms. The van der Waals surface area contributed by atoms with Crippen LogP contribution in [0.15, 0.2) is 0 Å². The summed E-state index contributed by atoms with van der Waals surface area (Å²) in [6.45, 7) is 4.00. The first kappa shape index (κ1) is 96.0. The molecule has 0 aromatic rings. The van der Waals surface area contributed by atoms with Crippen molar-refractivity contribution in [2.24, 2.45) is 0 Å². The van der Waals surface area contributed by atoms with E-state index in [4.69, 9.17) is 0 Å². The Morgan fingerprint density at radius 2 is 0.400 bits per heavy atom. The molecular weight excluding hydrogens is 949 g/mol. The predicted octanol–water partition coefficient (Wildman–Crippen LogP) is 2.11. The van der Waals surface area contributed by atoms with Crippen molar-refractivity contribution in [2.75, 3.05) is 0 Å². The van der Waals surface area contributed by atoms with E-state index in [1.807, 2.05) is 20.3 Å². The molecule has 0 aromatic carbocycles. The summed E-state index contributed by atoms with van der Waals surface area (Å²) in [7, 11) is 0. The molecule has 10 heteroatoms. The minimum atomic E-state index is 0. The zero-order valence-electron chi connectivity index (χ0n) is 10.4. The second-order valence-corrected chi connectivity index (χ2v) is 0.577. The Hall–Kier alpha value is 11.0. The summed E-state index contributed by atoms with van der Waals surface area (Å²) in [4.78, 5) is 0. The summed E-state index contributed by atoms with van der Waals surface area (Å²) in [5.74, 6) is 0.